The van der Waals surface area contributed by atoms with Crippen molar-refractivity contribution < 1.29 is 13.2 Å². The maximum atomic E-state index is 13.4. The van der Waals surface area contributed by atoms with E-state index >= 15 is 0 Å². The Kier molecular flexibility index (Phi) is 6.11. The minimum absolute atomic E-state index is 0.104. The summed E-state index contributed by atoms with van der Waals surface area (Å²) in [7, 11) is -0.380. The number of rotatable bonds is 5. The zero-order valence-electron chi connectivity index (χ0n) is 18.1. The van der Waals surface area contributed by atoms with Gasteiger partial charge in [-0.05, 0) is 30.3 Å². The molecule has 0 spiro atoms. The fourth-order valence-corrected chi connectivity index (χ4v) is 4.61. The fraction of sp³-hybridized carbons (Fsp3) is 0.0769. The molecule has 0 N–H and O–H groups in total. The summed E-state index contributed by atoms with van der Waals surface area (Å²) < 4.78 is 27.8. The number of nitrogens with zero attached hydrogens (tertiary/aromatic N) is 3. The first-order valence-corrected chi connectivity index (χ1v) is 11.6. The topological polar surface area (TPSA) is 72.3 Å². The SMILES string of the molecule is CN(C)C=CC(=O)c1cn(S(=O)(=O)c2ccccc2)c2nccc(C#Cc3ccccc3)c12. The van der Waals surface area contributed by atoms with E-state index in [1.54, 1.807) is 49.5 Å². The molecule has 0 unspecified atom stereocenters. The third kappa shape index (κ3) is 4.56. The van der Waals surface area contributed by atoms with Crippen LogP contribution in [0.15, 0.2) is 96.3 Å². The first-order valence-electron chi connectivity index (χ1n) is 10.1. The molecule has 4 aromatic rings. The molecular formula is C26H21N3O3S. The minimum atomic E-state index is -3.97. The number of allylic oxidation sites excluding steroid dienone is 1. The summed E-state index contributed by atoms with van der Waals surface area (Å²) in [5.41, 5.74) is 1.69. The molecule has 0 atom stereocenters. The molecule has 6 nitrogen and oxygen atoms in total. The van der Waals surface area contributed by atoms with Crippen LogP contribution in [0.5, 0.6) is 0 Å². The predicted octanol–water partition coefficient (Wildman–Crippen LogP) is 3.93. The second-order valence-electron chi connectivity index (χ2n) is 7.47. The second-order valence-corrected chi connectivity index (χ2v) is 9.29. The quantitative estimate of drug-likeness (QED) is 0.259. The molecule has 33 heavy (non-hydrogen) atoms. The van der Waals surface area contributed by atoms with Gasteiger partial charge in [0.25, 0.3) is 10.0 Å². The summed E-state index contributed by atoms with van der Waals surface area (Å²) in [6.45, 7) is 0. The molecule has 4 rings (SSSR count). The highest BCUT2D eigenvalue weighted by Gasteiger charge is 2.25. The maximum absolute atomic E-state index is 13.4. The number of pyridine rings is 1. The van der Waals surface area contributed by atoms with Gasteiger partial charge in [-0.1, -0.05) is 48.2 Å². The van der Waals surface area contributed by atoms with E-state index in [-0.39, 0.29) is 21.9 Å². The Morgan fingerprint density at radius 2 is 1.64 bits per heavy atom. The predicted molar refractivity (Wildman–Crippen MR) is 128 cm³/mol. The Hall–Kier alpha value is -4.15. The fourth-order valence-electron chi connectivity index (χ4n) is 3.27. The van der Waals surface area contributed by atoms with Gasteiger partial charge in [-0.3, -0.25) is 4.79 Å². The molecular weight excluding hydrogens is 434 g/mol. The largest absolute Gasteiger partial charge is 0.383 e. The van der Waals surface area contributed by atoms with Crippen molar-refractivity contribution in [3.05, 3.63) is 108 Å². The first-order chi connectivity index (χ1) is 15.9. The Morgan fingerprint density at radius 3 is 2.30 bits per heavy atom. The molecule has 164 valence electrons. The normalized spacial score (nSPS) is 11.3. The number of fused-ring (bicyclic) bond motifs is 1. The van der Waals surface area contributed by atoms with Crippen LogP contribution in [0.4, 0.5) is 0 Å². The van der Waals surface area contributed by atoms with E-state index in [0.29, 0.717) is 10.9 Å². The van der Waals surface area contributed by atoms with Crippen molar-refractivity contribution in [2.45, 2.75) is 4.90 Å². The van der Waals surface area contributed by atoms with E-state index in [1.165, 1.54) is 30.6 Å². The lowest BCUT2D eigenvalue weighted by atomic mass is 10.1. The van der Waals surface area contributed by atoms with Crippen molar-refractivity contribution in [2.75, 3.05) is 14.1 Å². The Balaban J connectivity index is 1.96. The molecule has 2 heterocycles. The molecule has 0 fully saturated rings. The van der Waals surface area contributed by atoms with Crippen LogP contribution in [0.1, 0.15) is 21.5 Å². The van der Waals surface area contributed by atoms with Crippen LogP contribution in [-0.4, -0.2) is 42.2 Å². The number of benzene rings is 2. The number of aromatic nitrogens is 2. The van der Waals surface area contributed by atoms with Gasteiger partial charge in [-0.25, -0.2) is 17.4 Å². The summed E-state index contributed by atoms with van der Waals surface area (Å²) in [5.74, 6) is 5.82. The summed E-state index contributed by atoms with van der Waals surface area (Å²) in [6, 6.07) is 19.2. The van der Waals surface area contributed by atoms with Gasteiger partial charge in [0.1, 0.15) is 0 Å². The lowest BCUT2D eigenvalue weighted by Crippen LogP contribution is -2.12. The van der Waals surface area contributed by atoms with E-state index in [4.69, 9.17) is 0 Å². The highest BCUT2D eigenvalue weighted by atomic mass is 32.2. The van der Waals surface area contributed by atoms with E-state index in [1.807, 2.05) is 30.3 Å². The molecule has 0 aliphatic rings. The Morgan fingerprint density at radius 1 is 0.970 bits per heavy atom. The summed E-state index contributed by atoms with van der Waals surface area (Å²) in [4.78, 5) is 19.2. The number of carbonyl (C=O) groups excluding carboxylic acids is 1. The van der Waals surface area contributed by atoms with E-state index < -0.39 is 10.0 Å². The van der Waals surface area contributed by atoms with Gasteiger partial charge in [-0.15, -0.1) is 0 Å². The van der Waals surface area contributed by atoms with Crippen molar-refractivity contribution in [1.82, 2.24) is 13.9 Å². The molecule has 0 amide bonds. The third-order valence-electron chi connectivity index (χ3n) is 4.86. The van der Waals surface area contributed by atoms with Crippen LogP contribution in [0.2, 0.25) is 0 Å². The second kappa shape index (κ2) is 9.15. The summed E-state index contributed by atoms with van der Waals surface area (Å²) in [6.07, 6.45) is 5.84. The van der Waals surface area contributed by atoms with Gasteiger partial charge in [-0.2, -0.15) is 0 Å². The third-order valence-corrected chi connectivity index (χ3v) is 6.52. The van der Waals surface area contributed by atoms with Crippen LogP contribution in [0, 0.1) is 11.8 Å². The highest BCUT2D eigenvalue weighted by Crippen LogP contribution is 2.28. The lowest BCUT2D eigenvalue weighted by molar-refractivity contribution is 0.104. The van der Waals surface area contributed by atoms with Gasteiger partial charge in [0, 0.05) is 55.3 Å². The zero-order chi connectivity index (χ0) is 23.4. The number of hydrogen-bond donors (Lipinski definition) is 0. The van der Waals surface area contributed by atoms with Gasteiger partial charge in [0.2, 0.25) is 0 Å². The zero-order valence-corrected chi connectivity index (χ0v) is 19.0. The molecule has 0 aliphatic carbocycles. The maximum Gasteiger partial charge on any atom is 0.269 e. The van der Waals surface area contributed by atoms with Gasteiger partial charge in [0.05, 0.1) is 10.5 Å². The molecule has 0 saturated heterocycles. The highest BCUT2D eigenvalue weighted by molar-refractivity contribution is 7.90. The molecule has 7 heteroatoms. The van der Waals surface area contributed by atoms with Crippen LogP contribution < -0.4 is 0 Å². The first kappa shape index (κ1) is 22.1. The minimum Gasteiger partial charge on any atom is -0.383 e. The molecule has 2 aromatic heterocycles. The van der Waals surface area contributed by atoms with Crippen LogP contribution in [-0.2, 0) is 10.0 Å². The van der Waals surface area contributed by atoms with E-state index in [2.05, 4.69) is 16.8 Å². The average molecular weight is 456 g/mol. The van der Waals surface area contributed by atoms with E-state index in [0.717, 1.165) is 9.54 Å². The van der Waals surface area contributed by atoms with Crippen molar-refractivity contribution >= 4 is 26.8 Å². The van der Waals surface area contributed by atoms with Crippen molar-refractivity contribution in [3.8, 4) is 11.8 Å². The Labute approximate surface area is 192 Å². The number of hydrogen-bond acceptors (Lipinski definition) is 5. The number of ketones is 1. The van der Waals surface area contributed by atoms with Crippen molar-refractivity contribution in [1.29, 1.82) is 0 Å². The summed E-state index contributed by atoms with van der Waals surface area (Å²) >= 11 is 0. The monoisotopic (exact) mass is 455 g/mol. The van der Waals surface area contributed by atoms with Gasteiger partial charge >= 0.3 is 0 Å². The van der Waals surface area contributed by atoms with Crippen LogP contribution >= 0.6 is 0 Å². The Bertz CT molecular complexity index is 1510. The molecule has 0 saturated carbocycles. The molecule has 2 aromatic carbocycles. The standard InChI is InChI=1S/C26H21N3O3S/c1-28(2)18-16-24(30)23-19-29(33(31,32)22-11-7-4-8-12-22)26-25(23)21(15-17-27-26)14-13-20-9-5-3-6-10-20/h3-12,15-19H,1-2H3. The van der Waals surface area contributed by atoms with Crippen LogP contribution in [0.25, 0.3) is 11.0 Å². The van der Waals surface area contributed by atoms with Crippen molar-refractivity contribution in [3.63, 3.8) is 0 Å². The lowest BCUT2D eigenvalue weighted by Gasteiger charge is -2.06. The van der Waals surface area contributed by atoms with Gasteiger partial charge in [0.15, 0.2) is 11.4 Å². The molecule has 0 aliphatic heterocycles. The van der Waals surface area contributed by atoms with Gasteiger partial charge < -0.3 is 4.90 Å². The molecule has 0 bridgehead atoms. The van der Waals surface area contributed by atoms with Crippen LogP contribution in [0.3, 0.4) is 0 Å². The average Bonchev–Trinajstić information content (AvgIpc) is 3.24. The summed E-state index contributed by atoms with van der Waals surface area (Å²) in [5, 5.41) is 0.397. The molecule has 0 radical (unpaired) electrons. The van der Waals surface area contributed by atoms with E-state index in [9.17, 15) is 13.2 Å². The smallest absolute Gasteiger partial charge is 0.269 e. The number of carbonyl (C=O) groups is 1. The van der Waals surface area contributed by atoms with Crippen molar-refractivity contribution in [2.24, 2.45) is 0 Å².